The van der Waals surface area contributed by atoms with Crippen molar-refractivity contribution in [3.63, 3.8) is 0 Å². The lowest BCUT2D eigenvalue weighted by atomic mass is 9.81. The summed E-state index contributed by atoms with van der Waals surface area (Å²) in [5.74, 6) is -4.03. The first-order valence-electron chi connectivity index (χ1n) is 16.1. The number of nitrogens with zero attached hydrogens (tertiary/aromatic N) is 1. The number of ether oxygens (including phenoxy) is 1. The van der Waals surface area contributed by atoms with Gasteiger partial charge in [0.25, 0.3) is 0 Å². The summed E-state index contributed by atoms with van der Waals surface area (Å²) in [5, 5.41) is 13.8. The van der Waals surface area contributed by atoms with Crippen LogP contribution in [0.2, 0.25) is 0 Å². The van der Waals surface area contributed by atoms with Gasteiger partial charge < -0.3 is 20.1 Å². The number of benzene rings is 3. The van der Waals surface area contributed by atoms with E-state index in [1.54, 1.807) is 92.8 Å². The molecule has 0 aliphatic heterocycles. The second-order valence-corrected chi connectivity index (χ2v) is 15.3. The van der Waals surface area contributed by atoms with Gasteiger partial charge in [-0.05, 0) is 60.7 Å². The Kier molecular flexibility index (Phi) is 11.7. The maximum Gasteiger partial charge on any atom is 0.407 e. The second-order valence-electron chi connectivity index (χ2n) is 12.3. The van der Waals surface area contributed by atoms with E-state index in [0.29, 0.717) is 28.0 Å². The minimum Gasteiger partial charge on any atom is -0.453 e. The van der Waals surface area contributed by atoms with E-state index in [0.717, 1.165) is 16.8 Å². The normalized spacial score (nSPS) is 14.2. The standard InChI is InChI=1S/C37H38F3N3O6S2/c1-23(2)43(51(47,48)27-15-14-24-18-19-41-29(24)20-27)30(22-44)33-17-16-32(50-33)28(37(38,39)40)21-31(45)35(42-36(46)49-3)34(25-10-6-4-7-11-25)26-12-8-5-9-13-26/h4-20,23,28,30,34-35,41,44H,21-22H2,1-3H3,(H,42,46)/t28-,30-,35-/m1/s1. The maximum absolute atomic E-state index is 14.9. The molecule has 0 radical (unpaired) electrons. The van der Waals surface area contributed by atoms with Crippen molar-refractivity contribution in [3.05, 3.63) is 124 Å². The summed E-state index contributed by atoms with van der Waals surface area (Å²) in [6.07, 6.45) is -5.24. The molecule has 0 saturated heterocycles. The Hall–Kier alpha value is -4.50. The lowest BCUT2D eigenvalue weighted by molar-refractivity contribution is -0.156. The van der Waals surface area contributed by atoms with Crippen molar-refractivity contribution in [3.8, 4) is 0 Å². The van der Waals surface area contributed by atoms with E-state index in [4.69, 9.17) is 4.74 Å². The highest BCUT2D eigenvalue weighted by atomic mass is 32.2. The van der Waals surface area contributed by atoms with Gasteiger partial charge in [-0.15, -0.1) is 11.3 Å². The van der Waals surface area contributed by atoms with Crippen molar-refractivity contribution < 1.29 is 41.0 Å². The van der Waals surface area contributed by atoms with Crippen LogP contribution in [0.3, 0.4) is 0 Å². The zero-order valence-corrected chi connectivity index (χ0v) is 29.6. The molecule has 14 heteroatoms. The van der Waals surface area contributed by atoms with Crippen LogP contribution < -0.4 is 5.32 Å². The molecule has 0 unspecified atom stereocenters. The molecule has 2 heterocycles. The van der Waals surface area contributed by atoms with Gasteiger partial charge >= 0.3 is 12.3 Å². The molecule has 0 aliphatic rings. The van der Waals surface area contributed by atoms with Gasteiger partial charge in [0.05, 0.1) is 30.6 Å². The number of thiophene rings is 1. The largest absolute Gasteiger partial charge is 0.453 e. The smallest absolute Gasteiger partial charge is 0.407 e. The molecule has 3 atom stereocenters. The van der Waals surface area contributed by atoms with E-state index >= 15 is 0 Å². The minimum atomic E-state index is -4.90. The van der Waals surface area contributed by atoms with Crippen molar-refractivity contribution >= 4 is 44.1 Å². The summed E-state index contributed by atoms with van der Waals surface area (Å²) in [6.45, 7) is 2.52. The highest BCUT2D eigenvalue weighted by molar-refractivity contribution is 7.89. The first-order valence-corrected chi connectivity index (χ1v) is 18.4. The fourth-order valence-electron chi connectivity index (χ4n) is 6.28. The highest BCUT2D eigenvalue weighted by Crippen LogP contribution is 2.44. The number of halogens is 3. The number of sulfonamides is 1. The average molecular weight is 742 g/mol. The molecule has 2 aromatic heterocycles. The zero-order chi connectivity index (χ0) is 36.9. The number of carbonyl (C=O) groups is 2. The third-order valence-corrected chi connectivity index (χ3v) is 12.0. The third-order valence-electron chi connectivity index (χ3n) is 8.67. The first-order chi connectivity index (χ1) is 24.3. The van der Waals surface area contributed by atoms with Crippen LogP contribution in [0, 0.1) is 0 Å². The number of H-pyrrole nitrogens is 1. The van der Waals surface area contributed by atoms with E-state index < -0.39 is 71.1 Å². The summed E-state index contributed by atoms with van der Waals surface area (Å²) in [4.78, 5) is 29.5. The summed E-state index contributed by atoms with van der Waals surface area (Å²) >= 11 is 0.678. The third kappa shape index (κ3) is 8.36. The van der Waals surface area contributed by atoms with Crippen molar-refractivity contribution in [1.29, 1.82) is 0 Å². The number of fused-ring (bicyclic) bond motifs is 1. The van der Waals surface area contributed by atoms with Crippen LogP contribution in [0.5, 0.6) is 0 Å². The molecule has 9 nitrogen and oxygen atoms in total. The number of aromatic nitrogens is 1. The van der Waals surface area contributed by atoms with Crippen LogP contribution in [-0.4, -0.2) is 66.7 Å². The van der Waals surface area contributed by atoms with Gasteiger partial charge in [-0.3, -0.25) is 4.79 Å². The van der Waals surface area contributed by atoms with Crippen LogP contribution in [0.15, 0.2) is 108 Å². The van der Waals surface area contributed by atoms with Crippen LogP contribution in [0.4, 0.5) is 18.0 Å². The number of Topliss-reactive ketones (excluding diaryl/α,β-unsaturated/α-hetero) is 1. The number of nitrogens with one attached hydrogen (secondary N) is 2. The first kappa shape index (κ1) is 37.7. The number of alkyl halides is 3. The Morgan fingerprint density at radius 1 is 0.922 bits per heavy atom. The van der Waals surface area contributed by atoms with Crippen LogP contribution in [0.1, 0.15) is 59.0 Å². The molecule has 51 heavy (non-hydrogen) atoms. The van der Waals surface area contributed by atoms with Crippen molar-refractivity contribution in [2.24, 2.45) is 0 Å². The minimum absolute atomic E-state index is 0.0457. The molecule has 0 spiro atoms. The molecule has 0 saturated carbocycles. The van der Waals surface area contributed by atoms with Gasteiger partial charge in [0.15, 0.2) is 5.78 Å². The van der Waals surface area contributed by atoms with E-state index in [9.17, 15) is 36.3 Å². The molecular weight excluding hydrogens is 704 g/mol. The van der Waals surface area contributed by atoms with Gasteiger partial charge in [0.2, 0.25) is 10.0 Å². The molecule has 5 rings (SSSR count). The molecule has 3 aromatic carbocycles. The van der Waals surface area contributed by atoms with Crippen molar-refractivity contribution in [2.75, 3.05) is 13.7 Å². The monoisotopic (exact) mass is 741 g/mol. The van der Waals surface area contributed by atoms with Crippen LogP contribution in [0.25, 0.3) is 10.9 Å². The van der Waals surface area contributed by atoms with E-state index in [1.807, 2.05) is 0 Å². The van der Waals surface area contributed by atoms with Crippen molar-refractivity contribution in [1.82, 2.24) is 14.6 Å². The fourth-order valence-corrected chi connectivity index (χ4v) is 9.40. The molecular formula is C37H38F3N3O6S2. The van der Waals surface area contributed by atoms with E-state index in [2.05, 4.69) is 10.3 Å². The van der Waals surface area contributed by atoms with E-state index in [1.165, 1.54) is 24.3 Å². The summed E-state index contributed by atoms with van der Waals surface area (Å²) in [7, 11) is -3.15. The van der Waals surface area contributed by atoms with Gasteiger partial charge in [0.1, 0.15) is 6.04 Å². The van der Waals surface area contributed by atoms with Crippen LogP contribution in [-0.2, 0) is 19.6 Å². The van der Waals surface area contributed by atoms with Gasteiger partial charge in [-0.2, -0.15) is 17.5 Å². The number of carbonyl (C=O) groups excluding carboxylic acids is 2. The average Bonchev–Trinajstić information content (AvgIpc) is 3.79. The Morgan fingerprint density at radius 3 is 2.08 bits per heavy atom. The molecule has 0 fully saturated rings. The summed E-state index contributed by atoms with van der Waals surface area (Å²) in [6, 6.07) is 22.9. The molecule has 5 aromatic rings. The number of aromatic amines is 1. The number of hydrogen-bond donors (Lipinski definition) is 3. The molecule has 1 amide bonds. The Morgan fingerprint density at radius 2 is 1.53 bits per heavy atom. The number of methoxy groups -OCH3 is 1. The number of hydrogen-bond acceptors (Lipinski definition) is 7. The Labute approximate surface area is 298 Å². The Bertz CT molecular complexity index is 2010. The number of rotatable bonds is 14. The summed E-state index contributed by atoms with van der Waals surface area (Å²) < 4.78 is 78.5. The quantitative estimate of drug-likeness (QED) is 0.108. The molecule has 3 N–H and O–H groups in total. The maximum atomic E-state index is 14.9. The number of alkyl carbamates (subject to hydrolysis) is 1. The van der Waals surface area contributed by atoms with Gasteiger partial charge in [0, 0.05) is 39.8 Å². The van der Waals surface area contributed by atoms with Gasteiger partial charge in [-0.25, -0.2) is 13.2 Å². The predicted molar refractivity (Wildman–Crippen MR) is 189 cm³/mol. The number of aliphatic hydroxyl groups is 1. The lowest BCUT2D eigenvalue weighted by Crippen LogP contribution is -2.46. The fraction of sp³-hybridized carbons (Fsp3) is 0.297. The highest BCUT2D eigenvalue weighted by Gasteiger charge is 2.46. The lowest BCUT2D eigenvalue weighted by Gasteiger charge is -2.32. The molecule has 0 bridgehead atoms. The molecule has 0 aliphatic carbocycles. The number of ketones is 1. The van der Waals surface area contributed by atoms with Crippen molar-refractivity contribution in [2.45, 2.75) is 61.3 Å². The predicted octanol–water partition coefficient (Wildman–Crippen LogP) is 7.52. The van der Waals surface area contributed by atoms with Gasteiger partial charge in [-0.1, -0.05) is 66.7 Å². The number of aliphatic hydroxyl groups excluding tert-OH is 1. The zero-order valence-electron chi connectivity index (χ0n) is 28.0. The summed E-state index contributed by atoms with van der Waals surface area (Å²) in [5.41, 5.74) is 1.77. The Balaban J connectivity index is 1.50. The SMILES string of the molecule is COC(=O)N[C@H](C(=O)C[C@H](c1ccc([C@@H](CO)N(C(C)C)S(=O)(=O)c2ccc3cc[nH]c3c2)s1)C(F)(F)F)C(c1ccccc1)c1ccccc1. The van der Waals surface area contributed by atoms with E-state index in [-0.39, 0.29) is 14.6 Å². The second kappa shape index (κ2) is 15.8. The van der Waals surface area contributed by atoms with Crippen LogP contribution >= 0.6 is 11.3 Å². The topological polar surface area (TPSA) is 129 Å². The number of amides is 1. The molecule has 270 valence electrons.